The molecule has 0 aliphatic carbocycles. The number of rotatable bonds is 2. The smallest absolute Gasteiger partial charge is 0.273 e. The highest BCUT2D eigenvalue weighted by atomic mass is 35.5. The Morgan fingerprint density at radius 2 is 2.37 bits per heavy atom. The van der Waals surface area contributed by atoms with Crippen LogP contribution in [-0.2, 0) is 0 Å². The molecule has 1 atom stereocenters. The lowest BCUT2D eigenvalue weighted by molar-refractivity contribution is 0.0730. The normalized spacial score (nSPS) is 18.8. The number of thiophene rings is 1. The second-order valence-electron chi connectivity index (χ2n) is 4.57. The highest BCUT2D eigenvalue weighted by molar-refractivity contribution is 7.08. The van der Waals surface area contributed by atoms with Gasteiger partial charge in [0.15, 0.2) is 0 Å². The van der Waals surface area contributed by atoms with Gasteiger partial charge in [-0.25, -0.2) is 0 Å². The summed E-state index contributed by atoms with van der Waals surface area (Å²) < 4.78 is 0. The van der Waals surface area contributed by atoms with Crippen LogP contribution in [0.25, 0.3) is 0 Å². The zero-order valence-corrected chi connectivity index (χ0v) is 11.8. The van der Waals surface area contributed by atoms with E-state index in [1.165, 1.54) is 5.56 Å². The first-order valence-corrected chi connectivity index (χ1v) is 7.52. The fraction of sp³-hybridized carbons (Fsp3) is 0.286. The Labute approximate surface area is 120 Å². The van der Waals surface area contributed by atoms with Crippen LogP contribution in [0.5, 0.6) is 0 Å². The number of amides is 1. The Balaban J connectivity index is 1.87. The van der Waals surface area contributed by atoms with Gasteiger partial charge in [0.1, 0.15) is 5.69 Å². The van der Waals surface area contributed by atoms with Crippen LogP contribution < -0.4 is 0 Å². The Kier molecular flexibility index (Phi) is 3.53. The number of nitrogens with zero attached hydrogens (tertiary/aromatic N) is 2. The van der Waals surface area contributed by atoms with E-state index in [1.807, 2.05) is 10.3 Å². The van der Waals surface area contributed by atoms with Crippen LogP contribution in [0.15, 0.2) is 35.2 Å². The van der Waals surface area contributed by atoms with Crippen LogP contribution >= 0.6 is 22.9 Å². The Morgan fingerprint density at radius 3 is 3.11 bits per heavy atom. The molecule has 0 saturated carbocycles. The number of carbonyl (C=O) groups excluding carboxylic acids is 1. The third-order valence-electron chi connectivity index (χ3n) is 3.38. The molecule has 1 amide bonds. The second-order valence-corrected chi connectivity index (χ2v) is 5.79. The Bertz CT molecular complexity index is 585. The van der Waals surface area contributed by atoms with E-state index in [0.717, 1.165) is 19.4 Å². The van der Waals surface area contributed by atoms with E-state index in [4.69, 9.17) is 11.6 Å². The largest absolute Gasteiger partial charge is 0.330 e. The average molecular weight is 293 g/mol. The maximum Gasteiger partial charge on any atom is 0.273 e. The molecule has 1 saturated heterocycles. The summed E-state index contributed by atoms with van der Waals surface area (Å²) in [6.45, 7) is 0.785. The molecule has 1 fully saturated rings. The number of hydrogen-bond donors (Lipinski definition) is 0. The van der Waals surface area contributed by atoms with E-state index >= 15 is 0 Å². The number of likely N-dealkylation sites (tertiary alicyclic amines) is 1. The predicted octanol–water partition coefficient (Wildman–Crippen LogP) is 3.77. The number of hydrogen-bond acceptors (Lipinski definition) is 3. The molecular weight excluding hydrogens is 280 g/mol. The molecular formula is C14H13ClN2OS. The van der Waals surface area contributed by atoms with Crippen LogP contribution in [-0.4, -0.2) is 22.3 Å². The fourth-order valence-corrected chi connectivity index (χ4v) is 3.36. The van der Waals surface area contributed by atoms with Crippen molar-refractivity contribution in [3.63, 3.8) is 0 Å². The molecule has 3 rings (SSSR count). The minimum atomic E-state index is -0.0313. The summed E-state index contributed by atoms with van der Waals surface area (Å²) in [5.74, 6) is -0.0313. The van der Waals surface area contributed by atoms with Crippen molar-refractivity contribution in [3.05, 3.63) is 51.4 Å². The summed E-state index contributed by atoms with van der Waals surface area (Å²) in [7, 11) is 0. The summed E-state index contributed by atoms with van der Waals surface area (Å²) in [6.07, 6.45) is 3.63. The maximum atomic E-state index is 12.5. The van der Waals surface area contributed by atoms with Crippen LogP contribution in [0.3, 0.4) is 0 Å². The van der Waals surface area contributed by atoms with E-state index < -0.39 is 0 Å². The van der Waals surface area contributed by atoms with Crippen molar-refractivity contribution in [2.45, 2.75) is 18.9 Å². The molecule has 98 valence electrons. The lowest BCUT2D eigenvalue weighted by atomic mass is 10.1. The zero-order valence-electron chi connectivity index (χ0n) is 10.3. The molecule has 0 bridgehead atoms. The summed E-state index contributed by atoms with van der Waals surface area (Å²) >= 11 is 7.59. The van der Waals surface area contributed by atoms with Crippen LogP contribution in [0.4, 0.5) is 0 Å². The van der Waals surface area contributed by atoms with Crippen molar-refractivity contribution in [1.29, 1.82) is 0 Å². The van der Waals surface area contributed by atoms with Crippen LogP contribution in [0, 0.1) is 0 Å². The van der Waals surface area contributed by atoms with E-state index in [1.54, 1.807) is 29.7 Å². The van der Waals surface area contributed by atoms with Crippen molar-refractivity contribution >= 4 is 28.8 Å². The second kappa shape index (κ2) is 5.31. The SMILES string of the molecule is O=C(c1cc(Cl)ccn1)N1CCC[C@H]1c1ccsc1. The van der Waals surface area contributed by atoms with Gasteiger partial charge in [0.05, 0.1) is 6.04 Å². The highest BCUT2D eigenvalue weighted by Gasteiger charge is 2.31. The van der Waals surface area contributed by atoms with Gasteiger partial charge in [-0.05, 0) is 47.4 Å². The summed E-state index contributed by atoms with van der Waals surface area (Å²) in [5, 5.41) is 4.71. The van der Waals surface area contributed by atoms with Crippen LogP contribution in [0.1, 0.15) is 34.9 Å². The van der Waals surface area contributed by atoms with E-state index in [0.29, 0.717) is 10.7 Å². The van der Waals surface area contributed by atoms with Crippen molar-refractivity contribution in [2.75, 3.05) is 6.54 Å². The molecule has 0 N–H and O–H groups in total. The first-order valence-electron chi connectivity index (χ1n) is 6.20. The first kappa shape index (κ1) is 12.6. The van der Waals surface area contributed by atoms with Gasteiger partial charge in [0, 0.05) is 17.8 Å². The third-order valence-corrected chi connectivity index (χ3v) is 4.32. The lowest BCUT2D eigenvalue weighted by Gasteiger charge is -2.23. The molecule has 0 aromatic carbocycles. The van der Waals surface area contributed by atoms with Gasteiger partial charge in [0.25, 0.3) is 5.91 Å². The molecule has 3 heterocycles. The quantitative estimate of drug-likeness (QED) is 0.844. The third kappa shape index (κ3) is 2.51. The lowest BCUT2D eigenvalue weighted by Crippen LogP contribution is -2.31. The molecule has 3 nitrogen and oxygen atoms in total. The van der Waals surface area contributed by atoms with Crippen molar-refractivity contribution in [1.82, 2.24) is 9.88 Å². The molecule has 1 aliphatic rings. The molecule has 2 aromatic rings. The van der Waals surface area contributed by atoms with Crippen LogP contribution in [0.2, 0.25) is 5.02 Å². The average Bonchev–Trinajstić information content (AvgIpc) is 3.08. The number of pyridine rings is 1. The molecule has 0 radical (unpaired) electrons. The predicted molar refractivity (Wildman–Crippen MR) is 76.6 cm³/mol. The van der Waals surface area contributed by atoms with Gasteiger partial charge >= 0.3 is 0 Å². The zero-order chi connectivity index (χ0) is 13.2. The van der Waals surface area contributed by atoms with Gasteiger partial charge in [-0.1, -0.05) is 11.6 Å². The number of carbonyl (C=O) groups is 1. The van der Waals surface area contributed by atoms with E-state index in [2.05, 4.69) is 16.4 Å². The summed E-state index contributed by atoms with van der Waals surface area (Å²) in [6, 6.07) is 5.58. The van der Waals surface area contributed by atoms with Gasteiger partial charge in [0.2, 0.25) is 0 Å². The monoisotopic (exact) mass is 292 g/mol. The fourth-order valence-electron chi connectivity index (χ4n) is 2.49. The molecule has 0 unspecified atom stereocenters. The molecule has 2 aromatic heterocycles. The van der Waals surface area contributed by atoms with Gasteiger partial charge in [-0.2, -0.15) is 11.3 Å². The van der Waals surface area contributed by atoms with Crippen molar-refractivity contribution in [3.8, 4) is 0 Å². The van der Waals surface area contributed by atoms with Gasteiger partial charge < -0.3 is 4.90 Å². The number of halogens is 1. The topological polar surface area (TPSA) is 33.2 Å². The van der Waals surface area contributed by atoms with Gasteiger partial charge in [-0.15, -0.1) is 0 Å². The summed E-state index contributed by atoms with van der Waals surface area (Å²) in [4.78, 5) is 18.5. The minimum absolute atomic E-state index is 0.0313. The van der Waals surface area contributed by atoms with Gasteiger partial charge in [-0.3, -0.25) is 9.78 Å². The number of aromatic nitrogens is 1. The van der Waals surface area contributed by atoms with Crippen molar-refractivity contribution in [2.24, 2.45) is 0 Å². The molecule has 19 heavy (non-hydrogen) atoms. The Hall–Kier alpha value is -1.39. The van der Waals surface area contributed by atoms with E-state index in [9.17, 15) is 4.79 Å². The maximum absolute atomic E-state index is 12.5. The standard InChI is InChI=1S/C14H13ClN2OS/c15-11-3-5-16-12(8-11)14(18)17-6-1-2-13(17)10-4-7-19-9-10/h3-5,7-9,13H,1-2,6H2/t13-/m0/s1. The highest BCUT2D eigenvalue weighted by Crippen LogP contribution is 2.34. The Morgan fingerprint density at radius 1 is 1.47 bits per heavy atom. The van der Waals surface area contributed by atoms with E-state index in [-0.39, 0.29) is 11.9 Å². The molecule has 0 spiro atoms. The first-order chi connectivity index (χ1) is 9.25. The van der Waals surface area contributed by atoms with Crippen molar-refractivity contribution < 1.29 is 4.79 Å². The molecule has 5 heteroatoms. The summed E-state index contributed by atoms with van der Waals surface area (Å²) in [5.41, 5.74) is 1.65. The molecule has 1 aliphatic heterocycles. The minimum Gasteiger partial charge on any atom is -0.330 e.